The third kappa shape index (κ3) is 7.63. The topological polar surface area (TPSA) is 41.5 Å². The van der Waals surface area contributed by atoms with Crippen LogP contribution in [-0.2, 0) is 17.6 Å². The first-order valence-electron chi connectivity index (χ1n) is 8.46. The Hall–Kier alpha value is 0.701. The van der Waals surface area contributed by atoms with Crippen LogP contribution >= 0.6 is 0 Å². The second-order valence-corrected chi connectivity index (χ2v) is 8.03. The van der Waals surface area contributed by atoms with E-state index >= 15 is 0 Å². The van der Waals surface area contributed by atoms with Crippen molar-refractivity contribution >= 4 is 60.1 Å². The fourth-order valence-electron chi connectivity index (χ4n) is 2.72. The van der Waals surface area contributed by atoms with Gasteiger partial charge in [-0.05, 0) is 37.5 Å². The summed E-state index contributed by atoms with van der Waals surface area (Å²) >= 11 is -0.743. The van der Waals surface area contributed by atoms with E-state index in [0.717, 1.165) is 30.1 Å². The summed E-state index contributed by atoms with van der Waals surface area (Å²) in [5.74, 6) is 2.45. The monoisotopic (exact) mass is 464 g/mol. The molecular formula is C18H30BaO3S. The number of ether oxygens (including phenoxy) is 2. The predicted octanol–water partition coefficient (Wildman–Crippen LogP) is 3.54. The Morgan fingerprint density at radius 3 is 2.57 bits per heavy atom. The fraction of sp³-hybridized carbons (Fsp3) is 0.667. The average molecular weight is 464 g/mol. The molecule has 3 nitrogen and oxygen atoms in total. The van der Waals surface area contributed by atoms with Gasteiger partial charge in [0.05, 0.1) is 0 Å². The van der Waals surface area contributed by atoms with Gasteiger partial charge >= 0.3 is 48.9 Å². The average Bonchev–Trinajstić information content (AvgIpc) is 2.98. The minimum atomic E-state index is -0.743. The quantitative estimate of drug-likeness (QED) is 0.303. The maximum atomic E-state index is 12.3. The summed E-state index contributed by atoms with van der Waals surface area (Å²) in [6.45, 7) is 4.61. The molecule has 2 rings (SSSR count). The second-order valence-electron chi connectivity index (χ2n) is 6.05. The molecule has 0 aromatic heterocycles. The molecular weight excluding hydrogens is 434 g/mol. The van der Waals surface area contributed by atoms with E-state index < -0.39 is 11.2 Å². The van der Waals surface area contributed by atoms with Crippen LogP contribution in [-0.4, -0.2) is 71.2 Å². The zero-order valence-electron chi connectivity index (χ0n) is 13.8. The van der Waals surface area contributed by atoms with Crippen LogP contribution in [0.5, 0.6) is 11.5 Å². The van der Waals surface area contributed by atoms with Gasteiger partial charge in [-0.1, -0.05) is 49.8 Å². The standard InChI is InChI=1S/C18H28O3S.Ba.2H/c1-3-4-5-6-7-8-11-22(19)15(2)12-16-9-10-17-18(13-16)21-14-20-17;;;/h9-10,13,15H,3-8,11-12,14H2,1-2H3;;;. The van der Waals surface area contributed by atoms with Gasteiger partial charge in [-0.15, -0.1) is 0 Å². The van der Waals surface area contributed by atoms with Crippen LogP contribution in [0.3, 0.4) is 0 Å². The van der Waals surface area contributed by atoms with Gasteiger partial charge in [-0.2, -0.15) is 0 Å². The molecule has 2 unspecified atom stereocenters. The summed E-state index contributed by atoms with van der Waals surface area (Å²) in [5, 5.41) is 0.191. The molecule has 1 aromatic carbocycles. The van der Waals surface area contributed by atoms with Crippen molar-refractivity contribution in [3.8, 4) is 11.5 Å². The number of hydrogen-bond donors (Lipinski definition) is 0. The summed E-state index contributed by atoms with van der Waals surface area (Å²) < 4.78 is 23.0. The van der Waals surface area contributed by atoms with Gasteiger partial charge in [0, 0.05) is 6.42 Å². The SMILES string of the molecule is CCCCCCCC[S+]([O-])C(C)Cc1ccc2c(c1)OCO2.[BaH2]. The first-order chi connectivity index (χ1) is 10.7. The van der Waals surface area contributed by atoms with Crippen LogP contribution in [0, 0.1) is 0 Å². The Kier molecular flexibility index (Phi) is 11.5. The van der Waals surface area contributed by atoms with Gasteiger partial charge in [-0.3, -0.25) is 0 Å². The molecule has 128 valence electrons. The molecule has 23 heavy (non-hydrogen) atoms. The van der Waals surface area contributed by atoms with Gasteiger partial charge < -0.3 is 14.0 Å². The van der Waals surface area contributed by atoms with Gasteiger partial charge in [0.1, 0.15) is 11.0 Å². The van der Waals surface area contributed by atoms with Crippen molar-refractivity contribution in [3.05, 3.63) is 23.8 Å². The van der Waals surface area contributed by atoms with Crippen molar-refractivity contribution < 1.29 is 14.0 Å². The van der Waals surface area contributed by atoms with Gasteiger partial charge in [0.15, 0.2) is 11.5 Å². The normalized spacial score (nSPS) is 15.1. The molecule has 0 amide bonds. The molecule has 2 atom stereocenters. The number of benzene rings is 1. The number of hydrogen-bond acceptors (Lipinski definition) is 3. The van der Waals surface area contributed by atoms with Crippen LogP contribution in [0.15, 0.2) is 18.2 Å². The van der Waals surface area contributed by atoms with Crippen LogP contribution in [0.25, 0.3) is 0 Å². The molecule has 0 spiro atoms. The minimum absolute atomic E-state index is 0. The molecule has 5 heteroatoms. The van der Waals surface area contributed by atoms with Crippen LogP contribution in [0.4, 0.5) is 0 Å². The van der Waals surface area contributed by atoms with Crippen LogP contribution < -0.4 is 9.47 Å². The van der Waals surface area contributed by atoms with Crippen molar-refractivity contribution in [2.75, 3.05) is 12.5 Å². The van der Waals surface area contributed by atoms with Crippen molar-refractivity contribution in [1.82, 2.24) is 0 Å². The first-order valence-corrected chi connectivity index (χ1v) is 9.84. The van der Waals surface area contributed by atoms with E-state index in [-0.39, 0.29) is 54.1 Å². The predicted molar refractivity (Wildman–Crippen MR) is 101 cm³/mol. The van der Waals surface area contributed by atoms with E-state index in [9.17, 15) is 4.55 Å². The molecule has 1 aliphatic rings. The summed E-state index contributed by atoms with van der Waals surface area (Å²) in [5.41, 5.74) is 1.17. The number of fused-ring (bicyclic) bond motifs is 1. The zero-order valence-corrected chi connectivity index (χ0v) is 14.6. The molecule has 1 aliphatic heterocycles. The maximum absolute atomic E-state index is 12.3. The molecule has 1 heterocycles. The molecule has 0 fully saturated rings. The van der Waals surface area contributed by atoms with Crippen LogP contribution in [0.2, 0.25) is 0 Å². The fourth-order valence-corrected chi connectivity index (χ4v) is 3.99. The van der Waals surface area contributed by atoms with Crippen molar-refractivity contribution in [2.45, 2.75) is 64.0 Å². The molecule has 0 N–H and O–H groups in total. The molecule has 0 bridgehead atoms. The Bertz CT molecular complexity index is 456. The third-order valence-corrected chi connectivity index (χ3v) is 5.86. The van der Waals surface area contributed by atoms with Gasteiger partial charge in [-0.25, -0.2) is 0 Å². The zero-order chi connectivity index (χ0) is 15.8. The summed E-state index contributed by atoms with van der Waals surface area (Å²) in [6, 6.07) is 6.01. The van der Waals surface area contributed by atoms with E-state index in [1.54, 1.807) is 0 Å². The number of unbranched alkanes of at least 4 members (excludes halogenated alkanes) is 5. The van der Waals surface area contributed by atoms with Gasteiger partial charge in [0.25, 0.3) is 0 Å². The van der Waals surface area contributed by atoms with E-state index in [2.05, 4.69) is 13.8 Å². The Labute approximate surface area is 184 Å². The van der Waals surface area contributed by atoms with E-state index in [1.807, 2.05) is 18.2 Å². The Morgan fingerprint density at radius 1 is 1.09 bits per heavy atom. The van der Waals surface area contributed by atoms with E-state index in [4.69, 9.17) is 9.47 Å². The number of rotatable bonds is 10. The summed E-state index contributed by atoms with van der Waals surface area (Å²) in [6.07, 6.45) is 8.32. The Balaban J connectivity index is 0.00000264. The van der Waals surface area contributed by atoms with Crippen molar-refractivity contribution in [3.63, 3.8) is 0 Å². The van der Waals surface area contributed by atoms with Gasteiger partial charge in [0.2, 0.25) is 6.79 Å². The molecule has 0 aliphatic carbocycles. The first kappa shape index (κ1) is 21.7. The summed E-state index contributed by atoms with van der Waals surface area (Å²) in [4.78, 5) is 0. The van der Waals surface area contributed by atoms with E-state index in [0.29, 0.717) is 6.79 Å². The molecule has 1 aromatic rings. The second kappa shape index (κ2) is 12.1. The van der Waals surface area contributed by atoms with Crippen LogP contribution in [0.1, 0.15) is 57.9 Å². The molecule has 0 saturated carbocycles. The third-order valence-electron chi connectivity index (χ3n) is 4.11. The molecule has 0 radical (unpaired) electrons. The van der Waals surface area contributed by atoms with Crippen molar-refractivity contribution in [2.24, 2.45) is 0 Å². The molecule has 0 saturated heterocycles. The van der Waals surface area contributed by atoms with E-state index in [1.165, 1.54) is 37.7 Å². The Morgan fingerprint density at radius 2 is 1.78 bits per heavy atom. The van der Waals surface area contributed by atoms with Crippen molar-refractivity contribution in [1.29, 1.82) is 0 Å². The summed E-state index contributed by atoms with van der Waals surface area (Å²) in [7, 11) is 0.